The molecule has 1 atom stereocenters. The van der Waals surface area contributed by atoms with Crippen LogP contribution in [-0.2, 0) is 4.79 Å². The average molecular weight is 250 g/mol. The van der Waals surface area contributed by atoms with E-state index in [0.717, 1.165) is 0 Å². The number of hydrogen-bond donors (Lipinski definition) is 2. The fraction of sp³-hybridized carbons (Fsp3) is 0.250. The molecule has 0 aliphatic heterocycles. The van der Waals surface area contributed by atoms with Gasteiger partial charge >= 0.3 is 5.97 Å². The Morgan fingerprint density at radius 1 is 1.67 bits per heavy atom. The van der Waals surface area contributed by atoms with Gasteiger partial charge in [-0.2, -0.15) is 0 Å². The van der Waals surface area contributed by atoms with Crippen molar-refractivity contribution < 1.29 is 14.8 Å². The summed E-state index contributed by atoms with van der Waals surface area (Å²) < 4.78 is 0. The van der Waals surface area contributed by atoms with Gasteiger partial charge in [0.1, 0.15) is 11.7 Å². The van der Waals surface area contributed by atoms with Crippen molar-refractivity contribution in [1.29, 1.82) is 0 Å². The van der Waals surface area contributed by atoms with Crippen LogP contribution in [0.15, 0.2) is 30.9 Å². The Morgan fingerprint density at radius 3 is 2.83 bits per heavy atom. The maximum Gasteiger partial charge on any atom is 0.326 e. The highest BCUT2D eigenvalue weighted by atomic mass is 16.6. The molecule has 0 heterocycles. The Morgan fingerprint density at radius 2 is 2.33 bits per heavy atom. The van der Waals surface area contributed by atoms with Crippen molar-refractivity contribution in [3.8, 4) is 0 Å². The van der Waals surface area contributed by atoms with Gasteiger partial charge in [0, 0.05) is 6.07 Å². The minimum atomic E-state index is -1.08. The summed E-state index contributed by atoms with van der Waals surface area (Å²) in [4.78, 5) is 21.3. The number of hydrogen-bond acceptors (Lipinski definition) is 4. The normalized spacial score (nSPS) is 11.6. The molecular weight excluding hydrogens is 236 g/mol. The minimum Gasteiger partial charge on any atom is -0.480 e. The van der Waals surface area contributed by atoms with Crippen LogP contribution in [0.1, 0.15) is 12.0 Å². The van der Waals surface area contributed by atoms with Crippen molar-refractivity contribution in [3.63, 3.8) is 0 Å². The summed E-state index contributed by atoms with van der Waals surface area (Å²) >= 11 is 0. The quantitative estimate of drug-likeness (QED) is 0.459. The summed E-state index contributed by atoms with van der Waals surface area (Å²) in [6.45, 7) is 5.15. The molecule has 96 valence electrons. The van der Waals surface area contributed by atoms with Crippen LogP contribution in [0.4, 0.5) is 11.4 Å². The van der Waals surface area contributed by atoms with Gasteiger partial charge in [-0.15, -0.1) is 6.58 Å². The summed E-state index contributed by atoms with van der Waals surface area (Å²) in [6.07, 6.45) is 1.64. The molecule has 0 aliphatic rings. The molecule has 0 aliphatic carbocycles. The van der Waals surface area contributed by atoms with Crippen LogP contribution in [0.3, 0.4) is 0 Å². The van der Waals surface area contributed by atoms with E-state index in [2.05, 4.69) is 11.9 Å². The number of nitro benzene ring substituents is 1. The molecule has 0 radical (unpaired) electrons. The highest BCUT2D eigenvalue weighted by molar-refractivity contribution is 5.80. The van der Waals surface area contributed by atoms with Gasteiger partial charge in [0.2, 0.25) is 0 Å². The highest BCUT2D eigenvalue weighted by Crippen LogP contribution is 2.28. The average Bonchev–Trinajstić information content (AvgIpc) is 2.30. The summed E-state index contributed by atoms with van der Waals surface area (Å²) in [5.41, 5.74) is 0.724. The van der Waals surface area contributed by atoms with Crippen LogP contribution in [-0.4, -0.2) is 22.0 Å². The first kappa shape index (κ1) is 13.7. The number of carboxylic acids is 1. The Hall–Kier alpha value is -2.37. The molecule has 1 rings (SSSR count). The van der Waals surface area contributed by atoms with Crippen molar-refractivity contribution in [2.45, 2.75) is 19.4 Å². The monoisotopic (exact) mass is 250 g/mol. The number of aliphatic carboxylic acids is 1. The molecule has 6 nitrogen and oxygen atoms in total. The maximum absolute atomic E-state index is 11.0. The molecule has 0 aromatic heterocycles. The standard InChI is InChI=1S/C12H14N2O4/c1-3-5-9(12(15)16)13-11-8(2)6-4-7-10(11)14(17)18/h3-4,6-7,9,13H,1,5H2,2H3,(H,15,16). The predicted octanol–water partition coefficient (Wildman–Crippen LogP) is 2.34. The lowest BCUT2D eigenvalue weighted by atomic mass is 10.1. The number of aryl methyl sites for hydroxylation is 1. The second kappa shape index (κ2) is 5.81. The molecule has 1 aromatic carbocycles. The summed E-state index contributed by atoms with van der Waals surface area (Å²) in [5, 5.41) is 22.6. The molecule has 1 unspecified atom stereocenters. The number of anilines is 1. The first-order valence-corrected chi connectivity index (χ1v) is 5.31. The van der Waals surface area contributed by atoms with Gasteiger partial charge in [0.15, 0.2) is 0 Å². The number of para-hydroxylation sites is 1. The lowest BCUT2D eigenvalue weighted by Crippen LogP contribution is -2.29. The molecule has 6 heteroatoms. The van der Waals surface area contributed by atoms with Gasteiger partial charge in [0.05, 0.1) is 4.92 Å². The van der Waals surface area contributed by atoms with E-state index >= 15 is 0 Å². The zero-order valence-electron chi connectivity index (χ0n) is 9.92. The fourth-order valence-corrected chi connectivity index (χ4v) is 1.55. The third-order valence-corrected chi connectivity index (χ3v) is 2.47. The van der Waals surface area contributed by atoms with Gasteiger partial charge < -0.3 is 10.4 Å². The summed E-state index contributed by atoms with van der Waals surface area (Å²) in [6, 6.07) is 3.65. The molecule has 1 aromatic rings. The zero-order chi connectivity index (χ0) is 13.7. The number of carbonyl (C=O) groups is 1. The van der Waals surface area contributed by atoms with E-state index in [9.17, 15) is 14.9 Å². The lowest BCUT2D eigenvalue weighted by Gasteiger charge is -2.15. The maximum atomic E-state index is 11.0. The van der Waals surface area contributed by atoms with Gasteiger partial charge in [-0.3, -0.25) is 10.1 Å². The van der Waals surface area contributed by atoms with E-state index in [4.69, 9.17) is 5.11 Å². The van der Waals surface area contributed by atoms with E-state index in [-0.39, 0.29) is 17.8 Å². The van der Waals surface area contributed by atoms with Crippen LogP contribution in [0.2, 0.25) is 0 Å². The first-order chi connectivity index (χ1) is 8.47. The molecule has 0 spiro atoms. The molecule has 0 saturated carbocycles. The predicted molar refractivity (Wildman–Crippen MR) is 67.7 cm³/mol. The minimum absolute atomic E-state index is 0.134. The lowest BCUT2D eigenvalue weighted by molar-refractivity contribution is -0.384. The van der Waals surface area contributed by atoms with E-state index < -0.39 is 16.9 Å². The van der Waals surface area contributed by atoms with E-state index in [0.29, 0.717) is 5.56 Å². The summed E-state index contributed by atoms with van der Waals surface area (Å²) in [7, 11) is 0. The number of rotatable bonds is 6. The second-order valence-corrected chi connectivity index (χ2v) is 3.79. The Bertz CT molecular complexity index is 485. The Balaban J connectivity index is 3.12. The van der Waals surface area contributed by atoms with E-state index in [1.54, 1.807) is 19.1 Å². The van der Waals surface area contributed by atoms with Crippen LogP contribution >= 0.6 is 0 Å². The Labute approximate surface area is 104 Å². The molecule has 0 amide bonds. The largest absolute Gasteiger partial charge is 0.480 e. The van der Waals surface area contributed by atoms with Gasteiger partial charge in [-0.1, -0.05) is 18.2 Å². The summed E-state index contributed by atoms with van der Waals surface area (Å²) in [5.74, 6) is -1.08. The van der Waals surface area contributed by atoms with Crippen molar-refractivity contribution >= 4 is 17.3 Å². The third-order valence-electron chi connectivity index (χ3n) is 2.47. The zero-order valence-corrected chi connectivity index (χ0v) is 9.92. The van der Waals surface area contributed by atoms with Gasteiger partial charge in [0.25, 0.3) is 5.69 Å². The van der Waals surface area contributed by atoms with Gasteiger partial charge in [-0.25, -0.2) is 4.79 Å². The van der Waals surface area contributed by atoms with Crippen LogP contribution in [0.5, 0.6) is 0 Å². The van der Waals surface area contributed by atoms with Crippen LogP contribution in [0, 0.1) is 17.0 Å². The number of nitrogens with one attached hydrogen (secondary N) is 1. The Kier molecular flexibility index (Phi) is 4.42. The molecular formula is C12H14N2O4. The number of nitrogens with zero attached hydrogens (tertiary/aromatic N) is 1. The number of benzene rings is 1. The number of nitro groups is 1. The molecule has 0 bridgehead atoms. The van der Waals surface area contributed by atoms with Crippen LogP contribution < -0.4 is 5.32 Å². The smallest absolute Gasteiger partial charge is 0.326 e. The van der Waals surface area contributed by atoms with Crippen molar-refractivity contribution in [2.24, 2.45) is 0 Å². The topological polar surface area (TPSA) is 92.5 Å². The van der Waals surface area contributed by atoms with Crippen molar-refractivity contribution in [2.75, 3.05) is 5.32 Å². The number of carboxylic acid groups (broad SMARTS) is 1. The van der Waals surface area contributed by atoms with Crippen molar-refractivity contribution in [1.82, 2.24) is 0 Å². The third kappa shape index (κ3) is 3.07. The van der Waals surface area contributed by atoms with Gasteiger partial charge in [-0.05, 0) is 18.9 Å². The highest BCUT2D eigenvalue weighted by Gasteiger charge is 2.22. The molecule has 0 fully saturated rings. The molecule has 2 N–H and O–H groups in total. The van der Waals surface area contributed by atoms with Crippen LogP contribution in [0.25, 0.3) is 0 Å². The van der Waals surface area contributed by atoms with Crippen molar-refractivity contribution in [3.05, 3.63) is 46.5 Å². The van der Waals surface area contributed by atoms with E-state index in [1.165, 1.54) is 12.1 Å². The molecule has 0 saturated heterocycles. The first-order valence-electron chi connectivity index (χ1n) is 5.31. The molecule has 18 heavy (non-hydrogen) atoms. The van der Waals surface area contributed by atoms with E-state index in [1.807, 2.05) is 0 Å². The second-order valence-electron chi connectivity index (χ2n) is 3.79. The fourth-order valence-electron chi connectivity index (χ4n) is 1.55. The SMILES string of the molecule is C=CCC(Nc1c(C)cccc1[N+](=O)[O-])C(=O)O.